The molecule has 2 atom stereocenters. The molecule has 170 valence electrons. The Labute approximate surface area is 186 Å². The number of rotatable bonds is 9. The fourth-order valence-electron chi connectivity index (χ4n) is 3.30. The third-order valence-electron chi connectivity index (χ3n) is 5.11. The molecule has 0 saturated carbocycles. The first-order chi connectivity index (χ1) is 15.1. The summed E-state index contributed by atoms with van der Waals surface area (Å²) in [5.74, 6) is -2.11. The van der Waals surface area contributed by atoms with E-state index in [9.17, 15) is 22.8 Å². The van der Waals surface area contributed by atoms with Crippen molar-refractivity contribution in [3.8, 4) is 11.1 Å². The Hall–Kier alpha value is -2.78. The van der Waals surface area contributed by atoms with Gasteiger partial charge in [-0.3, -0.25) is 4.79 Å². The maximum absolute atomic E-state index is 13.6. The van der Waals surface area contributed by atoms with Crippen molar-refractivity contribution in [1.82, 2.24) is 0 Å². The average Bonchev–Trinajstić information content (AvgIpc) is 2.74. The summed E-state index contributed by atoms with van der Waals surface area (Å²) in [5.41, 5.74) is 6.94. The summed E-state index contributed by atoms with van der Waals surface area (Å²) in [6, 6.07) is 13.4. The van der Waals surface area contributed by atoms with Gasteiger partial charge >= 0.3 is 17.8 Å². The molecule has 0 fully saturated rings. The van der Waals surface area contributed by atoms with Crippen molar-refractivity contribution >= 4 is 28.7 Å². The molecule has 9 heteroatoms. The fraction of sp³-hybridized carbons (Fsp3) is 0.304. The molecule has 32 heavy (non-hydrogen) atoms. The van der Waals surface area contributed by atoms with Crippen molar-refractivity contribution in [2.75, 3.05) is 11.5 Å². The maximum Gasteiger partial charge on any atom is 0.395 e. The van der Waals surface area contributed by atoms with E-state index in [-0.39, 0.29) is 24.2 Å². The first-order valence-electron chi connectivity index (χ1n) is 9.92. The van der Waals surface area contributed by atoms with Gasteiger partial charge in [0.05, 0.1) is 5.92 Å². The highest BCUT2D eigenvalue weighted by Gasteiger charge is 2.40. The lowest BCUT2D eigenvalue weighted by atomic mass is 9.93. The zero-order valence-electron chi connectivity index (χ0n) is 17.0. The van der Waals surface area contributed by atoms with E-state index >= 15 is 0 Å². The molecule has 5 nitrogen and oxygen atoms in total. The van der Waals surface area contributed by atoms with Crippen molar-refractivity contribution in [2.24, 2.45) is 5.73 Å². The molecule has 0 radical (unpaired) electrons. The molecular weight excluding hydrogens is 443 g/mol. The summed E-state index contributed by atoms with van der Waals surface area (Å²) >= 11 is 1.26. The smallest absolute Gasteiger partial charge is 0.395 e. The van der Waals surface area contributed by atoms with Gasteiger partial charge < -0.3 is 15.3 Å². The summed E-state index contributed by atoms with van der Waals surface area (Å²) in [7, 11) is 0. The van der Waals surface area contributed by atoms with E-state index in [0.717, 1.165) is 10.9 Å². The minimum atomic E-state index is -4.40. The minimum Gasteiger partial charge on any atom is -0.480 e. The Bertz CT molecular complexity index is 1130. The van der Waals surface area contributed by atoms with E-state index in [4.69, 9.17) is 15.3 Å². The van der Waals surface area contributed by atoms with Gasteiger partial charge in [-0.25, -0.2) is 4.79 Å². The van der Waals surface area contributed by atoms with Crippen LogP contribution in [0.5, 0.6) is 0 Å². The Balaban J connectivity index is 1.69. The van der Waals surface area contributed by atoms with Gasteiger partial charge in [-0.2, -0.15) is 24.9 Å². The summed E-state index contributed by atoms with van der Waals surface area (Å²) in [5, 5.41) is 9.50. The molecule has 3 N–H and O–H groups in total. The Morgan fingerprint density at radius 2 is 1.62 bits per heavy atom. The zero-order valence-corrected chi connectivity index (χ0v) is 17.8. The second kappa shape index (κ2) is 10.2. The zero-order chi connectivity index (χ0) is 23.3. The first-order valence-corrected chi connectivity index (χ1v) is 11.1. The predicted octanol–water partition coefficient (Wildman–Crippen LogP) is 5.03. The third kappa shape index (κ3) is 6.14. The SMILES string of the molecule is NC(CCSCCC(c1ccc(-c2ccc3ccc(=O)oc3c2)cc1)C(F)(F)F)C(=O)O. The van der Waals surface area contributed by atoms with E-state index in [2.05, 4.69) is 0 Å². The number of hydrogen-bond donors (Lipinski definition) is 2. The molecule has 1 heterocycles. The number of nitrogens with two attached hydrogens (primary N) is 1. The number of fused-ring (bicyclic) bond motifs is 1. The Morgan fingerprint density at radius 3 is 2.28 bits per heavy atom. The van der Waals surface area contributed by atoms with Crippen molar-refractivity contribution in [2.45, 2.75) is 31.0 Å². The normalized spacial score (nSPS) is 13.8. The molecule has 0 aliphatic heterocycles. The highest BCUT2D eigenvalue weighted by molar-refractivity contribution is 7.99. The van der Waals surface area contributed by atoms with Crippen molar-refractivity contribution < 1.29 is 27.5 Å². The summed E-state index contributed by atoms with van der Waals surface area (Å²) in [6.45, 7) is 0. The van der Waals surface area contributed by atoms with Crippen LogP contribution >= 0.6 is 11.8 Å². The monoisotopic (exact) mass is 465 g/mol. The Kier molecular flexibility index (Phi) is 7.63. The second-order valence-corrected chi connectivity index (χ2v) is 8.58. The van der Waals surface area contributed by atoms with Crippen LogP contribution in [0.1, 0.15) is 24.3 Å². The molecule has 0 spiro atoms. The molecular formula is C23H22F3NO4S. The molecule has 3 aromatic rings. The lowest BCUT2D eigenvalue weighted by Gasteiger charge is -2.21. The maximum atomic E-state index is 13.6. The van der Waals surface area contributed by atoms with Crippen LogP contribution in [0.25, 0.3) is 22.1 Å². The molecule has 0 aliphatic rings. The fourth-order valence-corrected chi connectivity index (χ4v) is 4.33. The molecule has 0 saturated heterocycles. The van der Waals surface area contributed by atoms with Crippen molar-refractivity contribution in [1.29, 1.82) is 0 Å². The van der Waals surface area contributed by atoms with Crippen LogP contribution in [-0.4, -0.2) is 34.8 Å². The van der Waals surface area contributed by atoms with E-state index in [1.165, 1.54) is 30.0 Å². The number of alkyl halides is 3. The summed E-state index contributed by atoms with van der Waals surface area (Å²) in [4.78, 5) is 22.1. The van der Waals surface area contributed by atoms with E-state index in [0.29, 0.717) is 16.9 Å². The van der Waals surface area contributed by atoms with Gasteiger partial charge in [0.1, 0.15) is 11.6 Å². The molecule has 0 amide bonds. The number of aliphatic carboxylic acids is 1. The van der Waals surface area contributed by atoms with E-state index < -0.39 is 29.7 Å². The van der Waals surface area contributed by atoms with Gasteiger partial charge in [0, 0.05) is 11.5 Å². The number of hydrogen-bond acceptors (Lipinski definition) is 5. The lowest BCUT2D eigenvalue weighted by Crippen LogP contribution is -2.30. The quantitative estimate of drug-likeness (QED) is 0.340. The van der Waals surface area contributed by atoms with Crippen LogP contribution in [0.3, 0.4) is 0 Å². The number of carboxylic acid groups (broad SMARTS) is 1. The summed E-state index contributed by atoms with van der Waals surface area (Å²) < 4.78 is 46.1. The number of carbonyl (C=O) groups is 1. The van der Waals surface area contributed by atoms with E-state index in [1.807, 2.05) is 6.07 Å². The number of halogens is 3. The largest absolute Gasteiger partial charge is 0.480 e. The number of carboxylic acids is 1. The van der Waals surface area contributed by atoms with Crippen LogP contribution in [0.15, 0.2) is 63.8 Å². The number of thioether (sulfide) groups is 1. The van der Waals surface area contributed by atoms with Crippen molar-refractivity contribution in [3.05, 3.63) is 70.6 Å². The highest BCUT2D eigenvalue weighted by atomic mass is 32.2. The van der Waals surface area contributed by atoms with Gasteiger partial charge in [0.2, 0.25) is 0 Å². The second-order valence-electron chi connectivity index (χ2n) is 7.36. The van der Waals surface area contributed by atoms with Gasteiger partial charge in [-0.15, -0.1) is 0 Å². The van der Waals surface area contributed by atoms with Crippen LogP contribution in [-0.2, 0) is 4.79 Å². The van der Waals surface area contributed by atoms with Crippen LogP contribution < -0.4 is 11.4 Å². The molecule has 2 aromatic carbocycles. The topological polar surface area (TPSA) is 93.5 Å². The molecule has 0 bridgehead atoms. The highest BCUT2D eigenvalue weighted by Crippen LogP contribution is 2.39. The van der Waals surface area contributed by atoms with Crippen molar-refractivity contribution in [3.63, 3.8) is 0 Å². The van der Waals surface area contributed by atoms with Crippen LogP contribution in [0, 0.1) is 0 Å². The molecule has 1 aromatic heterocycles. The van der Waals surface area contributed by atoms with Gasteiger partial charge in [-0.1, -0.05) is 36.4 Å². The Morgan fingerprint density at radius 1 is 1.00 bits per heavy atom. The molecule has 3 rings (SSSR count). The van der Waals surface area contributed by atoms with Gasteiger partial charge in [-0.05, 0) is 53.2 Å². The molecule has 2 unspecified atom stereocenters. The van der Waals surface area contributed by atoms with Crippen LogP contribution in [0.2, 0.25) is 0 Å². The van der Waals surface area contributed by atoms with Gasteiger partial charge in [0.15, 0.2) is 0 Å². The summed E-state index contributed by atoms with van der Waals surface area (Å²) in [6.07, 6.45) is -4.31. The minimum absolute atomic E-state index is 0.114. The average molecular weight is 465 g/mol. The number of benzene rings is 2. The molecule has 0 aliphatic carbocycles. The van der Waals surface area contributed by atoms with Gasteiger partial charge in [0.25, 0.3) is 0 Å². The van der Waals surface area contributed by atoms with Crippen LogP contribution in [0.4, 0.5) is 13.2 Å². The third-order valence-corrected chi connectivity index (χ3v) is 6.15. The lowest BCUT2D eigenvalue weighted by molar-refractivity contribution is -0.150. The van der Waals surface area contributed by atoms with E-state index in [1.54, 1.807) is 30.3 Å². The first kappa shape index (κ1) is 23.9. The predicted molar refractivity (Wildman–Crippen MR) is 119 cm³/mol. The standard InChI is InChI=1S/C23H22F3NO4S/c24-23(25,26)18(9-11-32-12-10-19(27)22(29)30)15-3-1-14(2-4-15)17-6-5-16-7-8-21(28)31-20(16)13-17/h1-8,13,18-19H,9-12,27H2,(H,29,30).